The Balaban J connectivity index is 1.89. The van der Waals surface area contributed by atoms with Crippen LogP contribution in [0.15, 0.2) is 59.1 Å². The van der Waals surface area contributed by atoms with Crippen molar-refractivity contribution in [2.24, 2.45) is 0 Å². The van der Waals surface area contributed by atoms with Gasteiger partial charge in [-0.05, 0) is 36.8 Å². The van der Waals surface area contributed by atoms with Gasteiger partial charge in [0.2, 0.25) is 11.8 Å². The number of amides is 2. The van der Waals surface area contributed by atoms with E-state index < -0.39 is 0 Å². The van der Waals surface area contributed by atoms with E-state index in [9.17, 15) is 9.59 Å². The van der Waals surface area contributed by atoms with E-state index in [2.05, 4.69) is 21.2 Å². The highest BCUT2D eigenvalue weighted by atomic mass is 79.9. The zero-order valence-electron chi connectivity index (χ0n) is 13.0. The molecule has 120 valence electrons. The summed E-state index contributed by atoms with van der Waals surface area (Å²) in [6.07, 6.45) is 0.254. The molecule has 0 radical (unpaired) electrons. The molecule has 2 amide bonds. The highest BCUT2D eigenvalue weighted by molar-refractivity contribution is 9.10. The predicted molar refractivity (Wildman–Crippen MR) is 95.3 cm³/mol. The second-order valence-corrected chi connectivity index (χ2v) is 5.97. The summed E-state index contributed by atoms with van der Waals surface area (Å²) in [7, 11) is 0. The Bertz CT molecular complexity index is 674. The van der Waals surface area contributed by atoms with Gasteiger partial charge in [0.1, 0.15) is 0 Å². The van der Waals surface area contributed by atoms with Gasteiger partial charge in [0, 0.05) is 16.7 Å². The molecule has 5 heteroatoms. The molecule has 0 unspecified atom stereocenters. The van der Waals surface area contributed by atoms with Crippen molar-refractivity contribution >= 4 is 33.4 Å². The summed E-state index contributed by atoms with van der Waals surface area (Å²) in [5.41, 5.74) is 1.74. The average Bonchev–Trinajstić information content (AvgIpc) is 2.55. The second-order valence-electron chi connectivity index (χ2n) is 5.06. The highest BCUT2D eigenvalue weighted by Crippen LogP contribution is 2.13. The molecule has 0 fully saturated rings. The first-order valence-corrected chi connectivity index (χ1v) is 8.26. The third-order valence-corrected chi connectivity index (χ3v) is 3.87. The molecule has 0 aromatic heterocycles. The third kappa shape index (κ3) is 5.21. The fourth-order valence-electron chi connectivity index (χ4n) is 2.28. The lowest BCUT2D eigenvalue weighted by Gasteiger charge is -2.21. The first-order valence-electron chi connectivity index (χ1n) is 7.46. The van der Waals surface area contributed by atoms with Gasteiger partial charge in [0.15, 0.2) is 0 Å². The van der Waals surface area contributed by atoms with Crippen molar-refractivity contribution < 1.29 is 9.59 Å². The van der Waals surface area contributed by atoms with Crippen LogP contribution in [0.1, 0.15) is 12.5 Å². The molecule has 0 atom stereocenters. The van der Waals surface area contributed by atoms with Crippen LogP contribution in [0.25, 0.3) is 0 Å². The quantitative estimate of drug-likeness (QED) is 0.843. The molecule has 23 heavy (non-hydrogen) atoms. The van der Waals surface area contributed by atoms with Crippen molar-refractivity contribution in [2.45, 2.75) is 13.3 Å². The summed E-state index contributed by atoms with van der Waals surface area (Å²) in [6.45, 7) is 2.47. The lowest BCUT2D eigenvalue weighted by Crippen LogP contribution is -2.40. The maximum atomic E-state index is 12.3. The van der Waals surface area contributed by atoms with Crippen molar-refractivity contribution in [3.8, 4) is 0 Å². The number of hydrogen-bond donors (Lipinski definition) is 1. The van der Waals surface area contributed by atoms with Crippen LogP contribution in [0.5, 0.6) is 0 Å². The van der Waals surface area contributed by atoms with Gasteiger partial charge in [-0.1, -0.05) is 46.3 Å². The van der Waals surface area contributed by atoms with Gasteiger partial charge >= 0.3 is 0 Å². The molecular weight excluding hydrogens is 356 g/mol. The summed E-state index contributed by atoms with van der Waals surface area (Å²) >= 11 is 3.38. The van der Waals surface area contributed by atoms with E-state index in [1.165, 1.54) is 0 Å². The molecule has 0 saturated heterocycles. The average molecular weight is 375 g/mol. The number of rotatable bonds is 6. The standard InChI is InChI=1S/C18H19BrN2O2/c1-2-21(16-9-4-3-5-10-16)18(23)13-20-17(22)12-14-7-6-8-15(19)11-14/h3-11H,2,12-13H2,1H3,(H,20,22). The molecule has 0 heterocycles. The Morgan fingerprint density at radius 1 is 1.09 bits per heavy atom. The molecule has 0 aliphatic heterocycles. The number of likely N-dealkylation sites (N-methyl/N-ethyl adjacent to an activating group) is 1. The van der Waals surface area contributed by atoms with Gasteiger partial charge < -0.3 is 10.2 Å². The van der Waals surface area contributed by atoms with E-state index in [-0.39, 0.29) is 24.8 Å². The lowest BCUT2D eigenvalue weighted by atomic mass is 10.1. The van der Waals surface area contributed by atoms with Crippen molar-refractivity contribution in [3.05, 3.63) is 64.6 Å². The summed E-state index contributed by atoms with van der Waals surface area (Å²) in [6, 6.07) is 17.0. The minimum absolute atomic E-state index is 0.00439. The molecule has 4 nitrogen and oxygen atoms in total. The molecule has 0 aliphatic carbocycles. The molecule has 2 rings (SSSR count). The third-order valence-electron chi connectivity index (χ3n) is 3.38. The van der Waals surface area contributed by atoms with E-state index in [0.29, 0.717) is 6.54 Å². The van der Waals surface area contributed by atoms with Crippen LogP contribution in [0.2, 0.25) is 0 Å². The van der Waals surface area contributed by atoms with Crippen LogP contribution in [-0.2, 0) is 16.0 Å². The van der Waals surface area contributed by atoms with E-state index in [0.717, 1.165) is 15.7 Å². The Morgan fingerprint density at radius 2 is 1.83 bits per heavy atom. The summed E-state index contributed by atoms with van der Waals surface area (Å²) in [5, 5.41) is 2.69. The van der Waals surface area contributed by atoms with Gasteiger partial charge in [0.25, 0.3) is 0 Å². The first kappa shape index (κ1) is 17.2. The number of hydrogen-bond acceptors (Lipinski definition) is 2. The normalized spacial score (nSPS) is 10.2. The summed E-state index contributed by atoms with van der Waals surface area (Å²) in [5.74, 6) is -0.290. The largest absolute Gasteiger partial charge is 0.347 e. The van der Waals surface area contributed by atoms with Crippen LogP contribution in [0.4, 0.5) is 5.69 Å². The Hall–Kier alpha value is -2.14. The molecule has 0 spiro atoms. The Kier molecular flexibility index (Phi) is 6.35. The molecular formula is C18H19BrN2O2. The van der Waals surface area contributed by atoms with Gasteiger partial charge in [-0.3, -0.25) is 9.59 Å². The Labute approximate surface area is 144 Å². The maximum Gasteiger partial charge on any atom is 0.246 e. The molecule has 0 aliphatic rings. The van der Waals surface area contributed by atoms with Crippen LogP contribution in [0.3, 0.4) is 0 Å². The first-order chi connectivity index (χ1) is 11.1. The SMILES string of the molecule is CCN(C(=O)CNC(=O)Cc1cccc(Br)c1)c1ccccc1. The van der Waals surface area contributed by atoms with Crippen molar-refractivity contribution in [3.63, 3.8) is 0 Å². The van der Waals surface area contributed by atoms with E-state index in [1.807, 2.05) is 61.5 Å². The van der Waals surface area contributed by atoms with Gasteiger partial charge in [-0.2, -0.15) is 0 Å². The number of halogens is 1. The van der Waals surface area contributed by atoms with E-state index in [1.54, 1.807) is 4.90 Å². The number of para-hydroxylation sites is 1. The van der Waals surface area contributed by atoms with Crippen LogP contribution in [-0.4, -0.2) is 24.9 Å². The predicted octanol–water partition coefficient (Wildman–Crippen LogP) is 3.16. The zero-order chi connectivity index (χ0) is 16.7. The number of benzene rings is 2. The zero-order valence-corrected chi connectivity index (χ0v) is 14.5. The smallest absolute Gasteiger partial charge is 0.246 e. The lowest BCUT2D eigenvalue weighted by molar-refractivity contribution is -0.124. The molecule has 1 N–H and O–H groups in total. The van der Waals surface area contributed by atoms with E-state index >= 15 is 0 Å². The van der Waals surface area contributed by atoms with Crippen molar-refractivity contribution in [2.75, 3.05) is 18.0 Å². The fourth-order valence-corrected chi connectivity index (χ4v) is 2.72. The maximum absolute atomic E-state index is 12.3. The summed E-state index contributed by atoms with van der Waals surface area (Å²) in [4.78, 5) is 25.9. The topological polar surface area (TPSA) is 49.4 Å². The monoisotopic (exact) mass is 374 g/mol. The molecule has 2 aromatic rings. The summed E-state index contributed by atoms with van der Waals surface area (Å²) < 4.78 is 0.931. The molecule has 2 aromatic carbocycles. The minimum atomic E-state index is -0.166. The fraction of sp³-hybridized carbons (Fsp3) is 0.222. The van der Waals surface area contributed by atoms with Gasteiger partial charge in [0.05, 0.1) is 13.0 Å². The van der Waals surface area contributed by atoms with Crippen LogP contribution in [0, 0.1) is 0 Å². The molecule has 0 bridgehead atoms. The van der Waals surface area contributed by atoms with Crippen LogP contribution < -0.4 is 10.2 Å². The molecule has 0 saturated carbocycles. The van der Waals surface area contributed by atoms with Gasteiger partial charge in [-0.15, -0.1) is 0 Å². The number of carbonyl (C=O) groups is 2. The van der Waals surface area contributed by atoms with Gasteiger partial charge in [-0.25, -0.2) is 0 Å². The number of carbonyl (C=O) groups excluding carboxylic acids is 2. The van der Waals surface area contributed by atoms with Crippen molar-refractivity contribution in [1.29, 1.82) is 0 Å². The van der Waals surface area contributed by atoms with Crippen molar-refractivity contribution in [1.82, 2.24) is 5.32 Å². The van der Waals surface area contributed by atoms with Crippen LogP contribution >= 0.6 is 15.9 Å². The number of anilines is 1. The minimum Gasteiger partial charge on any atom is -0.347 e. The number of nitrogens with one attached hydrogen (secondary N) is 1. The number of nitrogens with zero attached hydrogens (tertiary/aromatic N) is 1. The van der Waals surface area contributed by atoms with E-state index in [4.69, 9.17) is 0 Å². The second kappa shape index (κ2) is 8.48. The Morgan fingerprint density at radius 3 is 2.48 bits per heavy atom. The highest BCUT2D eigenvalue weighted by Gasteiger charge is 2.14.